The summed E-state index contributed by atoms with van der Waals surface area (Å²) in [6.07, 6.45) is 5.43. The van der Waals surface area contributed by atoms with Gasteiger partial charge in [0.15, 0.2) is 0 Å². The van der Waals surface area contributed by atoms with Crippen molar-refractivity contribution < 1.29 is 0 Å². The van der Waals surface area contributed by atoms with Gasteiger partial charge in [0, 0.05) is 24.5 Å². The van der Waals surface area contributed by atoms with E-state index in [9.17, 15) is 0 Å². The van der Waals surface area contributed by atoms with E-state index in [1.165, 1.54) is 0 Å². The molecule has 1 heterocycles. The Bertz CT molecular complexity index is 409. The van der Waals surface area contributed by atoms with E-state index in [1.54, 1.807) is 0 Å². The number of aryl methyl sites for hydroxylation is 2. The first-order chi connectivity index (χ1) is 9.15. The first-order valence-corrected chi connectivity index (χ1v) is 8.08. The van der Waals surface area contributed by atoms with E-state index in [0.717, 1.165) is 61.6 Å². The van der Waals surface area contributed by atoms with Crippen molar-refractivity contribution in [2.24, 2.45) is 0 Å². The summed E-state index contributed by atoms with van der Waals surface area (Å²) in [5.41, 5.74) is 2.12. The molecule has 0 bridgehead atoms. The zero-order chi connectivity index (χ0) is 13.8. The van der Waals surface area contributed by atoms with Crippen LogP contribution in [0.25, 0.3) is 0 Å². The van der Waals surface area contributed by atoms with Crippen molar-refractivity contribution >= 4 is 23.2 Å². The van der Waals surface area contributed by atoms with Gasteiger partial charge in [0.1, 0.15) is 0 Å². The van der Waals surface area contributed by atoms with Crippen LogP contribution in [0, 0.1) is 0 Å². The molecule has 5 heteroatoms. The molecule has 1 aliphatic carbocycles. The number of hydrogen-bond donors (Lipinski definition) is 1. The summed E-state index contributed by atoms with van der Waals surface area (Å²) in [5.74, 6) is 0. The molecular formula is C14H23Cl2N3. The molecule has 0 aliphatic heterocycles. The lowest BCUT2D eigenvalue weighted by molar-refractivity contribution is 0.371. The quantitative estimate of drug-likeness (QED) is 0.839. The van der Waals surface area contributed by atoms with Crippen LogP contribution in [0.2, 0.25) is 5.02 Å². The lowest BCUT2D eigenvalue weighted by Crippen LogP contribution is -2.33. The van der Waals surface area contributed by atoms with E-state index < -0.39 is 0 Å². The molecule has 2 rings (SSSR count). The lowest BCUT2D eigenvalue weighted by atomic mass is 9.95. The molecule has 1 fully saturated rings. The summed E-state index contributed by atoms with van der Waals surface area (Å²) in [7, 11) is 0. The standard InChI is InChI=1S/C14H23Cl2N3/c1-3-12-14(16)13(19(4-2)18-12)9-17-11-7-5-10(15)6-8-11/h10-11,17H,3-9H2,1-2H3. The number of alkyl halides is 1. The van der Waals surface area contributed by atoms with Gasteiger partial charge >= 0.3 is 0 Å². The molecule has 1 aliphatic rings. The number of nitrogens with zero attached hydrogens (tertiary/aromatic N) is 2. The van der Waals surface area contributed by atoms with E-state index in [-0.39, 0.29) is 0 Å². The molecule has 0 radical (unpaired) electrons. The fraction of sp³-hybridized carbons (Fsp3) is 0.786. The van der Waals surface area contributed by atoms with Crippen LogP contribution in [0.5, 0.6) is 0 Å². The van der Waals surface area contributed by atoms with Crippen molar-refractivity contribution in [1.82, 2.24) is 15.1 Å². The fourth-order valence-electron chi connectivity index (χ4n) is 2.68. The van der Waals surface area contributed by atoms with Crippen molar-refractivity contribution in [3.8, 4) is 0 Å². The molecule has 108 valence electrons. The summed E-state index contributed by atoms with van der Waals surface area (Å²) in [6.45, 7) is 5.86. The van der Waals surface area contributed by atoms with E-state index >= 15 is 0 Å². The van der Waals surface area contributed by atoms with Crippen LogP contribution in [-0.2, 0) is 19.5 Å². The molecule has 1 N–H and O–H groups in total. The molecule has 0 aromatic carbocycles. The molecule has 0 atom stereocenters. The number of nitrogens with one attached hydrogen (secondary N) is 1. The lowest BCUT2D eigenvalue weighted by Gasteiger charge is -2.26. The Morgan fingerprint density at radius 3 is 2.53 bits per heavy atom. The Labute approximate surface area is 125 Å². The van der Waals surface area contributed by atoms with Gasteiger partial charge in [-0.05, 0) is 39.0 Å². The van der Waals surface area contributed by atoms with Crippen LogP contribution >= 0.6 is 23.2 Å². The Hall–Kier alpha value is -0.250. The highest BCUT2D eigenvalue weighted by atomic mass is 35.5. The van der Waals surface area contributed by atoms with Gasteiger partial charge in [0.2, 0.25) is 0 Å². The molecule has 1 aromatic heterocycles. The molecule has 0 saturated heterocycles. The van der Waals surface area contributed by atoms with Crippen LogP contribution < -0.4 is 5.32 Å². The zero-order valence-corrected chi connectivity index (χ0v) is 13.3. The summed E-state index contributed by atoms with van der Waals surface area (Å²) in [6, 6.07) is 0.566. The summed E-state index contributed by atoms with van der Waals surface area (Å²) in [5, 5.41) is 9.36. The molecule has 1 aromatic rings. The van der Waals surface area contributed by atoms with E-state index in [0.29, 0.717) is 11.4 Å². The smallest absolute Gasteiger partial charge is 0.0863 e. The van der Waals surface area contributed by atoms with Crippen molar-refractivity contribution in [3.63, 3.8) is 0 Å². The Balaban J connectivity index is 1.97. The normalized spacial score (nSPS) is 23.8. The number of aromatic nitrogens is 2. The summed E-state index contributed by atoms with van der Waals surface area (Å²) < 4.78 is 2.02. The van der Waals surface area contributed by atoms with Crippen molar-refractivity contribution in [1.29, 1.82) is 0 Å². The molecular weight excluding hydrogens is 281 g/mol. The van der Waals surface area contributed by atoms with Gasteiger partial charge in [-0.15, -0.1) is 11.6 Å². The topological polar surface area (TPSA) is 29.9 Å². The predicted octanol–water partition coefficient (Wildman–Crippen LogP) is 3.76. The second-order valence-electron chi connectivity index (χ2n) is 5.21. The maximum atomic E-state index is 6.40. The third-order valence-corrected chi connectivity index (χ3v) is 4.78. The van der Waals surface area contributed by atoms with Gasteiger partial charge in [0.05, 0.1) is 16.4 Å². The van der Waals surface area contributed by atoms with Gasteiger partial charge in [-0.25, -0.2) is 0 Å². The molecule has 0 unspecified atom stereocenters. The minimum atomic E-state index is 0.370. The molecule has 19 heavy (non-hydrogen) atoms. The minimum Gasteiger partial charge on any atom is -0.308 e. The van der Waals surface area contributed by atoms with Gasteiger partial charge < -0.3 is 5.32 Å². The second kappa shape index (κ2) is 6.96. The Kier molecular flexibility index (Phi) is 5.55. The number of halogens is 2. The Morgan fingerprint density at radius 1 is 1.26 bits per heavy atom. The zero-order valence-electron chi connectivity index (χ0n) is 11.8. The summed E-state index contributed by atoms with van der Waals surface area (Å²) in [4.78, 5) is 0. The monoisotopic (exact) mass is 303 g/mol. The van der Waals surface area contributed by atoms with Crippen LogP contribution in [0.4, 0.5) is 0 Å². The van der Waals surface area contributed by atoms with Crippen LogP contribution in [-0.4, -0.2) is 21.2 Å². The highest BCUT2D eigenvalue weighted by molar-refractivity contribution is 6.31. The van der Waals surface area contributed by atoms with Crippen molar-refractivity contribution in [3.05, 3.63) is 16.4 Å². The molecule has 0 amide bonds. The van der Waals surface area contributed by atoms with Crippen LogP contribution in [0.1, 0.15) is 50.9 Å². The molecule has 3 nitrogen and oxygen atoms in total. The first-order valence-electron chi connectivity index (χ1n) is 7.27. The average molecular weight is 304 g/mol. The van der Waals surface area contributed by atoms with E-state index in [2.05, 4.69) is 24.3 Å². The third-order valence-electron chi connectivity index (χ3n) is 3.91. The van der Waals surface area contributed by atoms with Gasteiger partial charge in [-0.1, -0.05) is 18.5 Å². The van der Waals surface area contributed by atoms with Crippen LogP contribution in [0.3, 0.4) is 0 Å². The largest absolute Gasteiger partial charge is 0.308 e. The second-order valence-corrected chi connectivity index (χ2v) is 6.20. The molecule has 1 saturated carbocycles. The van der Waals surface area contributed by atoms with Gasteiger partial charge in [-0.3, -0.25) is 4.68 Å². The highest BCUT2D eigenvalue weighted by Gasteiger charge is 2.20. The van der Waals surface area contributed by atoms with Crippen LogP contribution in [0.15, 0.2) is 0 Å². The third kappa shape index (κ3) is 3.65. The SMILES string of the molecule is CCc1nn(CC)c(CNC2CCC(Cl)CC2)c1Cl. The van der Waals surface area contributed by atoms with Gasteiger partial charge in [0.25, 0.3) is 0 Å². The van der Waals surface area contributed by atoms with E-state index in [4.69, 9.17) is 23.2 Å². The highest BCUT2D eigenvalue weighted by Crippen LogP contribution is 2.25. The van der Waals surface area contributed by atoms with Gasteiger partial charge in [-0.2, -0.15) is 5.10 Å². The Morgan fingerprint density at radius 2 is 1.95 bits per heavy atom. The number of rotatable bonds is 5. The maximum Gasteiger partial charge on any atom is 0.0863 e. The average Bonchev–Trinajstić information content (AvgIpc) is 2.74. The first kappa shape index (κ1) is 15.1. The van der Waals surface area contributed by atoms with Crippen molar-refractivity contribution in [2.75, 3.05) is 0 Å². The minimum absolute atomic E-state index is 0.370. The van der Waals surface area contributed by atoms with Crippen molar-refractivity contribution in [2.45, 2.75) is 70.5 Å². The molecule has 0 spiro atoms. The predicted molar refractivity (Wildman–Crippen MR) is 81.0 cm³/mol. The van der Waals surface area contributed by atoms with E-state index in [1.807, 2.05) is 4.68 Å². The number of hydrogen-bond acceptors (Lipinski definition) is 2. The maximum absolute atomic E-state index is 6.40. The summed E-state index contributed by atoms with van der Waals surface area (Å²) >= 11 is 12.5. The fourth-order valence-corrected chi connectivity index (χ4v) is 3.27.